The van der Waals surface area contributed by atoms with Crippen LogP contribution in [0.5, 0.6) is 0 Å². The summed E-state index contributed by atoms with van der Waals surface area (Å²) in [6.45, 7) is 0. The van der Waals surface area contributed by atoms with Crippen LogP contribution in [0.2, 0.25) is 0 Å². The molecule has 0 spiro atoms. The Labute approximate surface area is 163 Å². The maximum atomic E-state index is 13.3. The molecule has 8 heteroatoms. The van der Waals surface area contributed by atoms with Crippen LogP contribution in [0, 0.1) is 5.82 Å². The van der Waals surface area contributed by atoms with E-state index in [2.05, 4.69) is 32.1 Å². The van der Waals surface area contributed by atoms with Gasteiger partial charge in [-0.05, 0) is 47.6 Å². The molecule has 26 heavy (non-hydrogen) atoms. The van der Waals surface area contributed by atoms with E-state index < -0.39 is 11.7 Å². The molecule has 134 valence electrons. The molecule has 2 aromatic carbocycles. The molecule has 0 atom stereocenters. The summed E-state index contributed by atoms with van der Waals surface area (Å²) >= 11 is 8.10. The van der Waals surface area contributed by atoms with Crippen molar-refractivity contribution in [2.24, 2.45) is 0 Å². The molecule has 0 heterocycles. The number of halogens is 2. The number of amides is 2. The highest BCUT2D eigenvalue weighted by atomic mass is 79.9. The molecule has 2 amide bonds. The van der Waals surface area contributed by atoms with Gasteiger partial charge in [0.2, 0.25) is 11.8 Å². The molecule has 0 aliphatic heterocycles. The summed E-state index contributed by atoms with van der Waals surface area (Å²) in [5.41, 5.74) is 6.22. The Kier molecular flexibility index (Phi) is 7.43. The topological polar surface area (TPSA) is 70.2 Å². The van der Waals surface area contributed by atoms with Crippen LogP contribution in [0.4, 0.5) is 4.39 Å². The van der Waals surface area contributed by atoms with Gasteiger partial charge >= 0.3 is 0 Å². The molecule has 0 aliphatic rings. The van der Waals surface area contributed by atoms with Gasteiger partial charge in [-0.1, -0.05) is 46.3 Å². The van der Waals surface area contributed by atoms with Gasteiger partial charge in [-0.25, -0.2) is 4.39 Å². The first kappa shape index (κ1) is 19.7. The first-order valence-electron chi connectivity index (χ1n) is 7.50. The minimum Gasteiger partial charge on any atom is -0.298 e. The van der Waals surface area contributed by atoms with Crippen LogP contribution in [0.15, 0.2) is 59.1 Å². The van der Waals surface area contributed by atoms with Gasteiger partial charge in [0.1, 0.15) is 5.82 Å². The van der Waals surface area contributed by atoms with E-state index in [1.165, 1.54) is 24.3 Å². The molecule has 0 bridgehead atoms. The van der Waals surface area contributed by atoms with Crippen molar-refractivity contribution in [1.82, 2.24) is 16.2 Å². The van der Waals surface area contributed by atoms with Gasteiger partial charge in [0.05, 0.1) is 6.42 Å². The zero-order valence-corrected chi connectivity index (χ0v) is 15.9. The van der Waals surface area contributed by atoms with E-state index in [9.17, 15) is 14.0 Å². The zero-order valence-electron chi connectivity index (χ0n) is 13.5. The fourth-order valence-electron chi connectivity index (χ4n) is 1.98. The normalized spacial score (nSPS) is 10.4. The van der Waals surface area contributed by atoms with E-state index in [4.69, 9.17) is 12.2 Å². The van der Waals surface area contributed by atoms with Crippen molar-refractivity contribution in [2.75, 3.05) is 0 Å². The molecule has 0 aliphatic carbocycles. The van der Waals surface area contributed by atoms with Crippen LogP contribution >= 0.6 is 28.1 Å². The fourth-order valence-corrected chi connectivity index (χ4v) is 2.61. The number of benzene rings is 2. The van der Waals surface area contributed by atoms with Gasteiger partial charge in [0.25, 0.3) is 0 Å². The summed E-state index contributed by atoms with van der Waals surface area (Å²) in [7, 11) is 0. The lowest BCUT2D eigenvalue weighted by Gasteiger charge is -2.09. The number of hydrazine groups is 1. The fraction of sp³-hybridized carbons (Fsp3) is 0.0556. The number of thiocarbonyl (C=S) groups is 1. The van der Waals surface area contributed by atoms with Crippen LogP contribution in [0.25, 0.3) is 6.08 Å². The quantitative estimate of drug-likeness (QED) is 0.392. The van der Waals surface area contributed by atoms with E-state index in [1.807, 2.05) is 30.3 Å². The number of hydrogen-bond acceptors (Lipinski definition) is 3. The Bertz CT molecular complexity index is 823. The van der Waals surface area contributed by atoms with Crippen molar-refractivity contribution in [3.63, 3.8) is 0 Å². The maximum Gasteiger partial charge on any atom is 0.250 e. The van der Waals surface area contributed by atoms with Gasteiger partial charge in [0.15, 0.2) is 5.11 Å². The van der Waals surface area contributed by atoms with Gasteiger partial charge in [-0.3, -0.25) is 25.8 Å². The number of carbonyl (C=O) groups is 2. The highest BCUT2D eigenvalue weighted by molar-refractivity contribution is 9.10. The summed E-state index contributed by atoms with van der Waals surface area (Å²) in [4.78, 5) is 23.6. The summed E-state index contributed by atoms with van der Waals surface area (Å²) < 4.78 is 13.8. The monoisotopic (exact) mass is 435 g/mol. The zero-order chi connectivity index (χ0) is 18.9. The van der Waals surface area contributed by atoms with Crippen LogP contribution < -0.4 is 16.2 Å². The van der Waals surface area contributed by atoms with Crippen molar-refractivity contribution < 1.29 is 14.0 Å². The third-order valence-corrected chi connectivity index (χ3v) is 3.73. The van der Waals surface area contributed by atoms with Crippen LogP contribution in [-0.4, -0.2) is 16.9 Å². The highest BCUT2D eigenvalue weighted by Gasteiger charge is 2.05. The lowest BCUT2D eigenvalue weighted by atomic mass is 10.1. The Hall–Kier alpha value is -2.58. The molecule has 2 rings (SSSR count). The van der Waals surface area contributed by atoms with Gasteiger partial charge in [-0.2, -0.15) is 0 Å². The molecule has 0 saturated carbocycles. The number of nitrogens with one attached hydrogen (secondary N) is 3. The van der Waals surface area contributed by atoms with Crippen LogP contribution in [0.1, 0.15) is 11.1 Å². The van der Waals surface area contributed by atoms with E-state index >= 15 is 0 Å². The largest absolute Gasteiger partial charge is 0.298 e. The lowest BCUT2D eigenvalue weighted by molar-refractivity contribution is -0.121. The SMILES string of the molecule is O=C(/C=C/c1cc(F)cc(Br)c1)NC(=S)NNC(=O)Cc1ccccc1. The average molecular weight is 436 g/mol. The summed E-state index contributed by atoms with van der Waals surface area (Å²) in [6, 6.07) is 13.5. The molecule has 0 radical (unpaired) electrons. The molecule has 5 nitrogen and oxygen atoms in total. The molecule has 0 unspecified atom stereocenters. The van der Waals surface area contributed by atoms with Crippen molar-refractivity contribution in [3.05, 3.63) is 76.0 Å². The number of hydrogen-bond donors (Lipinski definition) is 3. The van der Waals surface area contributed by atoms with Crippen molar-refractivity contribution in [1.29, 1.82) is 0 Å². The van der Waals surface area contributed by atoms with Crippen molar-refractivity contribution >= 4 is 51.2 Å². The molecular formula is C18H15BrFN3O2S. The summed E-state index contributed by atoms with van der Waals surface area (Å²) in [6.07, 6.45) is 2.83. The third kappa shape index (κ3) is 7.12. The maximum absolute atomic E-state index is 13.3. The molecule has 2 aromatic rings. The third-order valence-electron chi connectivity index (χ3n) is 3.07. The summed E-state index contributed by atoms with van der Waals surface area (Å²) in [5, 5.41) is 2.32. The van der Waals surface area contributed by atoms with Gasteiger partial charge in [-0.15, -0.1) is 0 Å². The predicted molar refractivity (Wildman–Crippen MR) is 105 cm³/mol. The second kappa shape index (κ2) is 9.79. The predicted octanol–water partition coefficient (Wildman–Crippen LogP) is 2.87. The Morgan fingerprint density at radius 3 is 2.54 bits per heavy atom. The Morgan fingerprint density at radius 2 is 1.85 bits per heavy atom. The lowest BCUT2D eigenvalue weighted by Crippen LogP contribution is -2.48. The molecule has 3 N–H and O–H groups in total. The first-order chi connectivity index (χ1) is 12.4. The minimum atomic E-state index is -0.514. The highest BCUT2D eigenvalue weighted by Crippen LogP contribution is 2.15. The first-order valence-corrected chi connectivity index (χ1v) is 8.70. The van der Waals surface area contributed by atoms with Gasteiger partial charge in [0, 0.05) is 10.5 Å². The van der Waals surface area contributed by atoms with E-state index in [0.717, 1.165) is 5.56 Å². The second-order valence-corrected chi connectivity index (χ2v) is 6.51. The van der Waals surface area contributed by atoms with Gasteiger partial charge < -0.3 is 0 Å². The Morgan fingerprint density at radius 1 is 1.12 bits per heavy atom. The van der Waals surface area contributed by atoms with E-state index in [-0.39, 0.29) is 17.4 Å². The Balaban J connectivity index is 1.77. The summed E-state index contributed by atoms with van der Waals surface area (Å²) in [5.74, 6) is -1.23. The number of carbonyl (C=O) groups excluding carboxylic acids is 2. The molecule has 0 fully saturated rings. The number of rotatable bonds is 4. The smallest absolute Gasteiger partial charge is 0.250 e. The second-order valence-electron chi connectivity index (χ2n) is 5.19. The van der Waals surface area contributed by atoms with E-state index in [1.54, 1.807) is 6.07 Å². The van der Waals surface area contributed by atoms with Crippen molar-refractivity contribution in [2.45, 2.75) is 6.42 Å². The molecule has 0 aromatic heterocycles. The minimum absolute atomic E-state index is 0.0542. The standard InChI is InChI=1S/C18H15BrFN3O2S/c19-14-8-13(9-15(20)11-14)6-7-16(24)21-18(26)23-22-17(25)10-12-4-2-1-3-5-12/h1-9,11H,10H2,(H,22,25)(H2,21,23,24,26)/b7-6+. The molecular weight excluding hydrogens is 421 g/mol. The van der Waals surface area contributed by atoms with E-state index in [0.29, 0.717) is 10.0 Å². The molecule has 0 saturated heterocycles. The van der Waals surface area contributed by atoms with Crippen molar-refractivity contribution in [3.8, 4) is 0 Å². The van der Waals surface area contributed by atoms with Crippen LogP contribution in [-0.2, 0) is 16.0 Å². The average Bonchev–Trinajstić information content (AvgIpc) is 2.58. The van der Waals surface area contributed by atoms with Crippen LogP contribution in [0.3, 0.4) is 0 Å².